The van der Waals surface area contributed by atoms with E-state index in [9.17, 15) is 33.6 Å². The maximum Gasteiger partial charge on any atom is 0.410 e. The van der Waals surface area contributed by atoms with Crippen molar-refractivity contribution in [3.63, 3.8) is 0 Å². The van der Waals surface area contributed by atoms with Crippen LogP contribution in [-0.2, 0) is 57.9 Å². The van der Waals surface area contributed by atoms with Gasteiger partial charge in [0.15, 0.2) is 5.69 Å². The van der Waals surface area contributed by atoms with Crippen molar-refractivity contribution in [2.45, 2.75) is 90.3 Å². The molecule has 4 N–H and O–H groups in total. The third-order valence-corrected chi connectivity index (χ3v) is 12.4. The largest absolute Gasteiger partial charge is 0.461 e. The lowest BCUT2D eigenvalue weighted by atomic mass is 10.2. The van der Waals surface area contributed by atoms with Gasteiger partial charge in [-0.3, -0.25) is 24.3 Å². The topological polar surface area (TPSA) is 240 Å². The summed E-state index contributed by atoms with van der Waals surface area (Å²) in [7, 11) is 0. The highest BCUT2D eigenvalue weighted by molar-refractivity contribution is 9.09. The fourth-order valence-electron chi connectivity index (χ4n) is 7.22. The Kier molecular flexibility index (Phi) is 24.2. The molecule has 3 aromatic carbocycles. The Morgan fingerprint density at radius 2 is 1.06 bits per heavy atom. The number of esters is 2. The number of alkyl halides is 1. The van der Waals surface area contributed by atoms with E-state index in [4.69, 9.17) is 42.6 Å². The highest BCUT2D eigenvalue weighted by Crippen LogP contribution is 2.34. The van der Waals surface area contributed by atoms with E-state index in [1.54, 1.807) is 29.0 Å². The monoisotopic (exact) mass is 1070 g/mol. The Hall–Kier alpha value is -6.45. The van der Waals surface area contributed by atoms with E-state index >= 15 is 0 Å². The van der Waals surface area contributed by atoms with Gasteiger partial charge in [-0.1, -0.05) is 119 Å². The number of nitrogens with zero attached hydrogens (tertiary/aromatic N) is 4. The summed E-state index contributed by atoms with van der Waals surface area (Å²) in [5, 5.41) is 2.46. The molecule has 1 aromatic heterocycles. The SMILES string of the molecule is CCOC(=O)C(=O)CBr.CCOC(=O)c1csc([C@@H]2CCCN2C(=O)OCc2ccccc2)n1.NC(=O)[C@@H]1CCCN1C(=O)OCc1ccccc1.NC(=S)[C@@H]1CCCN1C(=O)OCc1ccccc1. The number of thiazole rings is 1. The molecule has 3 atom stereocenters. The zero-order chi connectivity index (χ0) is 50.8. The molecule has 3 aliphatic heterocycles. The quantitative estimate of drug-likeness (QED) is 0.0405. The molecule has 3 aliphatic rings. The van der Waals surface area contributed by atoms with Gasteiger partial charge in [0.2, 0.25) is 11.7 Å². The number of Topliss-reactive ketones (excluding diaryl/α,β-unsaturated/α-hetero) is 1. The van der Waals surface area contributed by atoms with Crippen LogP contribution >= 0.6 is 39.5 Å². The first-order valence-electron chi connectivity index (χ1n) is 22.7. The van der Waals surface area contributed by atoms with Gasteiger partial charge >= 0.3 is 30.2 Å². The number of thiocarbonyl (C=S) groups is 1. The summed E-state index contributed by atoms with van der Waals surface area (Å²) in [6, 6.07) is 27.8. The Balaban J connectivity index is 0.000000213. The fraction of sp³-hybridized carbons (Fsp3) is 0.408. The first kappa shape index (κ1) is 56.1. The number of carbonyl (C=O) groups excluding carboxylic acids is 7. The summed E-state index contributed by atoms with van der Waals surface area (Å²) in [5.41, 5.74) is 14.0. The number of halogens is 1. The number of amides is 4. The number of nitrogens with two attached hydrogens (primary N) is 2. The molecule has 0 unspecified atom stereocenters. The normalized spacial score (nSPS) is 16.7. The molecule has 21 heteroatoms. The van der Waals surface area contributed by atoms with E-state index in [1.807, 2.05) is 91.0 Å². The fourth-order valence-corrected chi connectivity index (χ4v) is 8.62. The van der Waals surface area contributed by atoms with Crippen molar-refractivity contribution in [1.29, 1.82) is 0 Å². The van der Waals surface area contributed by atoms with Crippen LogP contribution in [-0.4, -0.2) is 117 Å². The summed E-state index contributed by atoms with van der Waals surface area (Å²) >= 11 is 9.17. The number of aromatic nitrogens is 1. The average molecular weight is 1070 g/mol. The number of carbonyl (C=O) groups is 7. The first-order valence-corrected chi connectivity index (χ1v) is 25.1. The van der Waals surface area contributed by atoms with Crippen LogP contribution in [0.5, 0.6) is 0 Å². The minimum Gasteiger partial charge on any atom is -0.461 e. The van der Waals surface area contributed by atoms with Gasteiger partial charge < -0.3 is 35.2 Å². The summed E-state index contributed by atoms with van der Waals surface area (Å²) in [6.45, 7) is 6.52. The van der Waals surface area contributed by atoms with Crippen LogP contribution in [0.1, 0.15) is 90.6 Å². The van der Waals surface area contributed by atoms with Gasteiger partial charge in [-0.05, 0) is 69.1 Å². The molecule has 18 nitrogen and oxygen atoms in total. The van der Waals surface area contributed by atoms with Crippen molar-refractivity contribution >= 4 is 86.4 Å². The predicted molar refractivity (Wildman–Crippen MR) is 268 cm³/mol. The molecule has 4 aromatic rings. The van der Waals surface area contributed by atoms with Crippen molar-refractivity contribution in [2.24, 2.45) is 11.5 Å². The molecule has 3 saturated heterocycles. The summed E-state index contributed by atoms with van der Waals surface area (Å²) in [4.78, 5) is 89.3. The number of ether oxygens (including phenoxy) is 5. The third kappa shape index (κ3) is 18.1. The average Bonchev–Trinajstić information content (AvgIpc) is 4.23. The van der Waals surface area contributed by atoms with Crippen LogP contribution in [0.4, 0.5) is 14.4 Å². The van der Waals surface area contributed by atoms with E-state index < -0.39 is 35.8 Å². The molecule has 4 heterocycles. The third-order valence-electron chi connectivity index (χ3n) is 10.7. The summed E-state index contributed by atoms with van der Waals surface area (Å²) in [6.07, 6.45) is 3.70. The number of hydrogen-bond acceptors (Lipinski definition) is 15. The Labute approximate surface area is 425 Å². The molecule has 0 radical (unpaired) electrons. The second kappa shape index (κ2) is 30.2. The van der Waals surface area contributed by atoms with Crippen LogP contribution in [0.2, 0.25) is 0 Å². The number of hydrogen-bond donors (Lipinski definition) is 2. The zero-order valence-electron chi connectivity index (χ0n) is 39.1. The van der Waals surface area contributed by atoms with Crippen LogP contribution in [0, 0.1) is 0 Å². The molecule has 7 rings (SSSR count). The van der Waals surface area contributed by atoms with Gasteiger partial charge in [0, 0.05) is 25.0 Å². The van der Waals surface area contributed by atoms with Gasteiger partial charge in [-0.2, -0.15) is 0 Å². The highest BCUT2D eigenvalue weighted by Gasteiger charge is 2.35. The number of ketones is 1. The van der Waals surface area contributed by atoms with Gasteiger partial charge in [0.25, 0.3) is 0 Å². The lowest BCUT2D eigenvalue weighted by Crippen LogP contribution is -2.43. The molecule has 0 bridgehead atoms. The van der Waals surface area contributed by atoms with Crippen molar-refractivity contribution in [3.8, 4) is 0 Å². The van der Waals surface area contributed by atoms with Gasteiger partial charge in [0.1, 0.15) is 30.9 Å². The Morgan fingerprint density at radius 1 is 0.629 bits per heavy atom. The van der Waals surface area contributed by atoms with Crippen LogP contribution in [0.15, 0.2) is 96.4 Å². The van der Waals surface area contributed by atoms with Crippen molar-refractivity contribution in [3.05, 3.63) is 124 Å². The molecular formula is C49H59BrN6O12S2. The first-order chi connectivity index (χ1) is 33.8. The molecule has 70 heavy (non-hydrogen) atoms. The summed E-state index contributed by atoms with van der Waals surface area (Å²) in [5.74, 6) is -2.21. The molecule has 3 fully saturated rings. The maximum absolute atomic E-state index is 12.4. The van der Waals surface area contributed by atoms with Crippen LogP contribution in [0.25, 0.3) is 0 Å². The number of benzene rings is 3. The molecule has 0 aliphatic carbocycles. The van der Waals surface area contributed by atoms with E-state index in [2.05, 4.69) is 25.7 Å². The minimum atomic E-state index is -0.769. The van der Waals surface area contributed by atoms with Crippen molar-refractivity contribution < 1.29 is 57.2 Å². The predicted octanol–water partition coefficient (Wildman–Crippen LogP) is 7.65. The lowest BCUT2D eigenvalue weighted by molar-refractivity contribution is -0.152. The van der Waals surface area contributed by atoms with Gasteiger partial charge in [-0.15, -0.1) is 11.3 Å². The highest BCUT2D eigenvalue weighted by atomic mass is 79.9. The smallest absolute Gasteiger partial charge is 0.410 e. The number of primary amides is 1. The zero-order valence-corrected chi connectivity index (χ0v) is 42.3. The second-order valence-electron chi connectivity index (χ2n) is 15.5. The molecule has 4 amide bonds. The van der Waals surface area contributed by atoms with Crippen LogP contribution < -0.4 is 11.5 Å². The van der Waals surface area contributed by atoms with Gasteiger partial charge in [0.05, 0.1) is 35.6 Å². The van der Waals surface area contributed by atoms with Crippen molar-refractivity contribution in [2.75, 3.05) is 38.2 Å². The molecular weight excluding hydrogens is 1010 g/mol. The van der Waals surface area contributed by atoms with Crippen LogP contribution in [0.3, 0.4) is 0 Å². The molecule has 376 valence electrons. The summed E-state index contributed by atoms with van der Waals surface area (Å²) < 4.78 is 25.2. The van der Waals surface area contributed by atoms with E-state index in [-0.39, 0.29) is 56.0 Å². The molecule has 0 saturated carbocycles. The second-order valence-corrected chi connectivity index (χ2v) is 17.5. The Bertz CT molecular complexity index is 2250. The number of rotatable bonds is 14. The maximum atomic E-state index is 12.4. The van der Waals surface area contributed by atoms with Gasteiger partial charge in [-0.25, -0.2) is 29.0 Å². The minimum absolute atomic E-state index is 0.0336. The Morgan fingerprint density at radius 3 is 1.50 bits per heavy atom. The van der Waals surface area contributed by atoms with E-state index in [1.165, 1.54) is 16.2 Å². The van der Waals surface area contributed by atoms with E-state index in [0.29, 0.717) is 43.3 Å². The lowest BCUT2D eigenvalue weighted by Gasteiger charge is -2.22. The van der Waals surface area contributed by atoms with Crippen molar-refractivity contribution in [1.82, 2.24) is 19.7 Å². The molecule has 0 spiro atoms. The number of likely N-dealkylation sites (tertiary alicyclic amines) is 3. The van der Waals surface area contributed by atoms with E-state index in [0.717, 1.165) is 53.8 Å². The standard InChI is InChI=1S/C18H20N2O4S.C13H16N2O3.C13H16N2O2S.C5H7BrO3/c1-2-23-17(21)14-12-25-16(19-14)15-9-6-10-20(15)18(22)24-11-13-7-4-3-5-8-13;14-12(16)11-7-4-8-15(11)13(17)18-9-10-5-2-1-3-6-10;14-12(18)11-7-4-8-15(11)13(16)17-9-10-5-2-1-3-6-10;1-2-9-5(8)4(7)3-6/h3-5,7-8,12,15H,2,6,9-11H2,1H3;1-3,5-6,11H,4,7-9H2,(H2,14,16);1-3,5-6,11H,4,7-9H2,(H2,14,18);2-3H2,1H3/t15-;2*11-;/m000./s1.